The van der Waals surface area contributed by atoms with Crippen LogP contribution in [-0.4, -0.2) is 11.1 Å². The molecule has 44 heavy (non-hydrogen) atoms. The Labute approximate surface area is 260 Å². The second kappa shape index (κ2) is 13.9. The van der Waals surface area contributed by atoms with Crippen molar-refractivity contribution < 1.29 is 4.42 Å². The maximum Gasteiger partial charge on any atom is 0.142 e. The number of nitrogens with zero attached hydrogens (tertiary/aromatic N) is 1. The molecule has 0 saturated heterocycles. The minimum absolute atomic E-state index is 0.663. The fourth-order valence-corrected chi connectivity index (χ4v) is 5.70. The molecule has 0 fully saturated rings. The van der Waals surface area contributed by atoms with Crippen LogP contribution < -0.4 is 5.73 Å². The molecular weight excluding hydrogens is 536 g/mol. The molecule has 0 aliphatic rings. The quantitative estimate of drug-likeness (QED) is 0.152. The number of aromatic nitrogens is 1. The summed E-state index contributed by atoms with van der Waals surface area (Å²) in [5, 5.41) is 3.65. The monoisotopic (exact) mass is 576 g/mol. The Kier molecular flexibility index (Phi) is 9.59. The standard InChI is InChI=1S/C37H31NO.C4H9N/c1-5-8-17-36-25(4)30-14-11-15-31(37(30)39-36)27-18-21-29(22-19-27)38-34-16-10-9-13-32(34)33-24-28(20-23-35(33)38)26(7-3)12-6-2;1-2-3-4-5/h5-24H,1H2,2-4H3;2-3H,4-5H2,1H3/b12-6-,17-8-,26-7+;3-2-. The third-order valence-electron chi connectivity index (χ3n) is 7.86. The molecule has 6 rings (SSSR count). The molecule has 0 unspecified atom stereocenters. The molecule has 0 amide bonds. The lowest BCUT2D eigenvalue weighted by molar-refractivity contribution is 0.602. The summed E-state index contributed by atoms with van der Waals surface area (Å²) in [6.07, 6.45) is 15.9. The first-order valence-corrected chi connectivity index (χ1v) is 15.1. The van der Waals surface area contributed by atoms with Crippen molar-refractivity contribution in [2.75, 3.05) is 6.54 Å². The third-order valence-corrected chi connectivity index (χ3v) is 7.86. The molecule has 2 heterocycles. The van der Waals surface area contributed by atoms with Gasteiger partial charge in [-0.1, -0.05) is 104 Å². The van der Waals surface area contributed by atoms with Gasteiger partial charge < -0.3 is 14.7 Å². The van der Waals surface area contributed by atoms with Crippen LogP contribution in [0.5, 0.6) is 0 Å². The first-order valence-electron chi connectivity index (χ1n) is 15.1. The van der Waals surface area contributed by atoms with Gasteiger partial charge >= 0.3 is 0 Å². The minimum atomic E-state index is 0.663. The van der Waals surface area contributed by atoms with Crippen LogP contribution in [0.3, 0.4) is 0 Å². The fourth-order valence-electron chi connectivity index (χ4n) is 5.70. The first-order chi connectivity index (χ1) is 21.6. The molecule has 0 aliphatic heterocycles. The van der Waals surface area contributed by atoms with Gasteiger partial charge in [0.05, 0.1) is 11.0 Å². The lowest BCUT2D eigenvalue weighted by Gasteiger charge is -2.10. The number of rotatable bonds is 7. The molecule has 6 aromatic rings. The summed E-state index contributed by atoms with van der Waals surface area (Å²) in [7, 11) is 0. The van der Waals surface area contributed by atoms with Crippen molar-refractivity contribution in [1.29, 1.82) is 0 Å². The average Bonchev–Trinajstić information content (AvgIpc) is 3.57. The maximum atomic E-state index is 6.31. The zero-order valence-corrected chi connectivity index (χ0v) is 26.0. The van der Waals surface area contributed by atoms with Gasteiger partial charge in [-0.15, -0.1) is 0 Å². The van der Waals surface area contributed by atoms with Gasteiger partial charge in [-0.25, -0.2) is 0 Å². The smallest absolute Gasteiger partial charge is 0.142 e. The lowest BCUT2D eigenvalue weighted by atomic mass is 10.0. The largest absolute Gasteiger partial charge is 0.456 e. The highest BCUT2D eigenvalue weighted by molar-refractivity contribution is 6.10. The SMILES string of the molecule is C/C=C\CN.C=C/C=C\c1oc2c(-c3ccc(-n4c5ccccc5c5cc(C(/C=C\C)=C/C)ccc54)cc3)cccc2c1C. The molecule has 2 N–H and O–H groups in total. The van der Waals surface area contributed by atoms with Gasteiger partial charge in [-0.05, 0) is 80.8 Å². The summed E-state index contributed by atoms with van der Waals surface area (Å²) in [5.41, 5.74) is 15.3. The van der Waals surface area contributed by atoms with E-state index in [2.05, 4.69) is 135 Å². The number of fused-ring (bicyclic) bond motifs is 4. The number of hydrogen-bond donors (Lipinski definition) is 1. The van der Waals surface area contributed by atoms with Gasteiger partial charge in [0.25, 0.3) is 0 Å². The van der Waals surface area contributed by atoms with Crippen molar-refractivity contribution in [3.63, 3.8) is 0 Å². The molecule has 220 valence electrons. The predicted octanol–water partition coefficient (Wildman–Crippen LogP) is 11.2. The Bertz CT molecular complexity index is 2040. The van der Waals surface area contributed by atoms with E-state index in [0.717, 1.165) is 39.1 Å². The van der Waals surface area contributed by atoms with E-state index in [-0.39, 0.29) is 0 Å². The van der Waals surface area contributed by atoms with Crippen molar-refractivity contribution in [3.05, 3.63) is 151 Å². The van der Waals surface area contributed by atoms with E-state index < -0.39 is 0 Å². The van der Waals surface area contributed by atoms with Crippen molar-refractivity contribution in [1.82, 2.24) is 4.57 Å². The molecule has 0 aliphatic carbocycles. The van der Waals surface area contributed by atoms with Crippen molar-refractivity contribution in [3.8, 4) is 16.8 Å². The highest BCUT2D eigenvalue weighted by atomic mass is 16.3. The van der Waals surface area contributed by atoms with Crippen LogP contribution in [0.25, 0.3) is 61.2 Å². The molecule has 0 radical (unpaired) electrons. The molecule has 4 aromatic carbocycles. The zero-order chi connectivity index (χ0) is 31.1. The molecule has 0 atom stereocenters. The second-order valence-electron chi connectivity index (χ2n) is 10.5. The summed E-state index contributed by atoms with van der Waals surface area (Å²) in [6, 6.07) is 30.6. The number of nitrogens with two attached hydrogens (primary N) is 1. The summed E-state index contributed by atoms with van der Waals surface area (Å²) >= 11 is 0. The first kappa shape index (κ1) is 30.3. The van der Waals surface area contributed by atoms with Crippen LogP contribution in [-0.2, 0) is 0 Å². The number of aryl methyl sites for hydroxylation is 1. The number of para-hydroxylation sites is 2. The number of furan rings is 1. The highest BCUT2D eigenvalue weighted by Gasteiger charge is 2.15. The average molecular weight is 577 g/mol. The van der Waals surface area contributed by atoms with Crippen LogP contribution in [0.2, 0.25) is 0 Å². The summed E-state index contributed by atoms with van der Waals surface area (Å²) in [6.45, 7) is 12.6. The van der Waals surface area contributed by atoms with E-state index >= 15 is 0 Å². The van der Waals surface area contributed by atoms with Crippen molar-refractivity contribution >= 4 is 44.4 Å². The van der Waals surface area contributed by atoms with E-state index in [1.54, 1.807) is 6.08 Å². The third kappa shape index (κ3) is 5.88. The normalized spacial score (nSPS) is 12.2. The van der Waals surface area contributed by atoms with Crippen LogP contribution in [0.1, 0.15) is 37.7 Å². The highest BCUT2D eigenvalue weighted by Crippen LogP contribution is 2.37. The Balaban J connectivity index is 0.000000712. The minimum Gasteiger partial charge on any atom is -0.456 e. The Morgan fingerprint density at radius 2 is 1.59 bits per heavy atom. The van der Waals surface area contributed by atoms with Gasteiger partial charge in [0.15, 0.2) is 0 Å². The Morgan fingerprint density at radius 1 is 0.841 bits per heavy atom. The van der Waals surface area contributed by atoms with E-state index in [0.29, 0.717) is 6.54 Å². The predicted molar refractivity (Wildman–Crippen MR) is 192 cm³/mol. The molecule has 2 aromatic heterocycles. The van der Waals surface area contributed by atoms with Crippen LogP contribution in [0, 0.1) is 6.92 Å². The van der Waals surface area contributed by atoms with Crippen molar-refractivity contribution in [2.45, 2.75) is 27.7 Å². The summed E-state index contributed by atoms with van der Waals surface area (Å²) < 4.78 is 8.67. The van der Waals surface area contributed by atoms with E-state index in [4.69, 9.17) is 10.2 Å². The van der Waals surface area contributed by atoms with E-state index in [9.17, 15) is 0 Å². The lowest BCUT2D eigenvalue weighted by Crippen LogP contribution is -1.94. The second-order valence-corrected chi connectivity index (χ2v) is 10.5. The Hall–Kier alpha value is -5.12. The van der Waals surface area contributed by atoms with Crippen LogP contribution >= 0.6 is 0 Å². The van der Waals surface area contributed by atoms with Crippen LogP contribution in [0.4, 0.5) is 0 Å². The topological polar surface area (TPSA) is 44.1 Å². The molecule has 3 nitrogen and oxygen atoms in total. The van der Waals surface area contributed by atoms with E-state index in [1.807, 2.05) is 31.2 Å². The number of allylic oxidation sites excluding steroid dienone is 7. The summed E-state index contributed by atoms with van der Waals surface area (Å²) in [4.78, 5) is 0. The number of benzene rings is 4. The molecule has 3 heteroatoms. The van der Waals surface area contributed by atoms with Gasteiger partial charge in [0, 0.05) is 39.5 Å². The molecular formula is C41H40N2O. The van der Waals surface area contributed by atoms with Gasteiger partial charge in [-0.2, -0.15) is 0 Å². The Morgan fingerprint density at radius 3 is 2.27 bits per heavy atom. The van der Waals surface area contributed by atoms with Gasteiger partial charge in [0.2, 0.25) is 0 Å². The zero-order valence-electron chi connectivity index (χ0n) is 26.0. The van der Waals surface area contributed by atoms with Gasteiger partial charge in [-0.3, -0.25) is 0 Å². The maximum absolute atomic E-state index is 6.31. The number of hydrogen-bond acceptors (Lipinski definition) is 2. The molecule has 0 spiro atoms. The van der Waals surface area contributed by atoms with E-state index in [1.165, 1.54) is 32.9 Å². The molecule has 0 bridgehead atoms. The summed E-state index contributed by atoms with van der Waals surface area (Å²) in [5.74, 6) is 0.870. The van der Waals surface area contributed by atoms with Crippen LogP contribution in [0.15, 0.2) is 138 Å². The van der Waals surface area contributed by atoms with Crippen molar-refractivity contribution in [2.24, 2.45) is 5.73 Å². The fraction of sp³-hybridized carbons (Fsp3) is 0.122. The van der Waals surface area contributed by atoms with Gasteiger partial charge in [0.1, 0.15) is 11.3 Å². The molecule has 0 saturated carbocycles.